The first kappa shape index (κ1) is 25.5. The molecule has 0 saturated carbocycles. The fraction of sp³-hybridized carbons (Fsp3) is 0.240. The maximum Gasteiger partial charge on any atom is 0.573 e. The molecule has 0 radical (unpaired) electrons. The number of imidazole rings is 1. The lowest BCUT2D eigenvalue weighted by Gasteiger charge is -2.19. The van der Waals surface area contributed by atoms with Gasteiger partial charge in [-0.2, -0.15) is 0 Å². The zero-order valence-corrected chi connectivity index (χ0v) is 20.0. The summed E-state index contributed by atoms with van der Waals surface area (Å²) in [4.78, 5) is 21.9. The van der Waals surface area contributed by atoms with E-state index in [-0.39, 0.29) is 24.8 Å². The Morgan fingerprint density at radius 3 is 2.50 bits per heavy atom. The monoisotopic (exact) mass is 516 g/mol. The van der Waals surface area contributed by atoms with Crippen LogP contribution in [0.5, 0.6) is 5.75 Å². The number of rotatable bonds is 9. The molecule has 1 amide bonds. The first-order valence-electron chi connectivity index (χ1n) is 11.0. The molecule has 0 aliphatic heterocycles. The van der Waals surface area contributed by atoms with Crippen LogP contribution in [-0.4, -0.2) is 43.8 Å². The predicted molar refractivity (Wildman–Crippen MR) is 129 cm³/mol. The molecule has 2 heterocycles. The maximum atomic E-state index is 12.9. The number of aromatic nitrogens is 3. The predicted octanol–water partition coefficient (Wildman–Crippen LogP) is 4.71. The number of nitrogens with one attached hydrogen (secondary N) is 1. The number of hydrogen-bond donors (Lipinski definition) is 2. The van der Waals surface area contributed by atoms with Crippen LogP contribution < -0.4 is 10.1 Å². The molecule has 188 valence electrons. The second-order valence-corrected chi connectivity index (χ2v) is 9.24. The van der Waals surface area contributed by atoms with Gasteiger partial charge in [0.2, 0.25) is 5.91 Å². The number of halogens is 3. The van der Waals surface area contributed by atoms with E-state index in [1.54, 1.807) is 25.3 Å². The van der Waals surface area contributed by atoms with Crippen LogP contribution in [0.25, 0.3) is 11.2 Å². The number of aliphatic hydroxyl groups excluding tert-OH is 1. The van der Waals surface area contributed by atoms with Crippen molar-refractivity contribution in [3.8, 4) is 5.75 Å². The molecule has 2 N–H and O–H groups in total. The summed E-state index contributed by atoms with van der Waals surface area (Å²) in [7, 11) is 0. The number of carbonyl (C=O) groups excluding carboxylic acids is 1. The van der Waals surface area contributed by atoms with E-state index in [9.17, 15) is 23.1 Å². The normalized spacial score (nSPS) is 13.4. The van der Waals surface area contributed by atoms with Gasteiger partial charge in [-0.3, -0.25) is 9.36 Å². The van der Waals surface area contributed by atoms with E-state index in [2.05, 4.69) is 20.0 Å². The number of pyridine rings is 1. The van der Waals surface area contributed by atoms with Gasteiger partial charge in [-0.15, -0.1) is 13.2 Å². The molecule has 2 aromatic carbocycles. The Hall–Kier alpha value is -3.57. The Labute approximate surface area is 209 Å². The third-order valence-electron chi connectivity index (χ3n) is 5.32. The van der Waals surface area contributed by atoms with Gasteiger partial charge in [-0.05, 0) is 42.3 Å². The standard InChI is InChI=1S/C25H23F3N4O3S/c1-16(23(34)30-21(15-33)18-6-3-2-4-7-18)36-24-31-20-8-5-13-29-22(20)32(24)14-17-9-11-19(12-10-17)35-25(26,27)28/h2-13,16,21,33H,14-15H2,1H3,(H,30,34)/t16?,21-/m0/s1. The van der Waals surface area contributed by atoms with Gasteiger partial charge < -0.3 is 15.2 Å². The first-order chi connectivity index (χ1) is 17.2. The topological polar surface area (TPSA) is 89.3 Å². The first-order valence-corrected chi connectivity index (χ1v) is 11.9. The lowest BCUT2D eigenvalue weighted by molar-refractivity contribution is -0.274. The number of alkyl halides is 3. The number of amides is 1. The van der Waals surface area contributed by atoms with E-state index >= 15 is 0 Å². The summed E-state index contributed by atoms with van der Waals surface area (Å²) in [5.74, 6) is -0.584. The van der Waals surface area contributed by atoms with Crippen LogP contribution in [0, 0.1) is 0 Å². The fourth-order valence-electron chi connectivity index (χ4n) is 3.57. The summed E-state index contributed by atoms with van der Waals surface area (Å²) in [6, 6.07) is 17.7. The molecular weight excluding hydrogens is 493 g/mol. The van der Waals surface area contributed by atoms with Crippen LogP contribution >= 0.6 is 11.8 Å². The van der Waals surface area contributed by atoms with Gasteiger partial charge in [-0.25, -0.2) is 9.97 Å². The van der Waals surface area contributed by atoms with Crippen molar-refractivity contribution in [2.45, 2.75) is 36.3 Å². The van der Waals surface area contributed by atoms with Crippen molar-refractivity contribution in [2.24, 2.45) is 0 Å². The van der Waals surface area contributed by atoms with E-state index in [1.807, 2.05) is 34.9 Å². The molecule has 4 rings (SSSR count). The molecule has 11 heteroatoms. The third kappa shape index (κ3) is 6.35. The number of fused-ring (bicyclic) bond motifs is 1. The average molecular weight is 517 g/mol. The zero-order chi connectivity index (χ0) is 25.7. The molecule has 36 heavy (non-hydrogen) atoms. The van der Waals surface area contributed by atoms with Crippen molar-refractivity contribution in [2.75, 3.05) is 6.61 Å². The quantitative estimate of drug-likeness (QED) is 0.313. The molecular formula is C25H23F3N4O3S. The highest BCUT2D eigenvalue weighted by Crippen LogP contribution is 2.29. The molecule has 2 atom stereocenters. The zero-order valence-electron chi connectivity index (χ0n) is 19.1. The molecule has 4 aromatic rings. The van der Waals surface area contributed by atoms with Crippen molar-refractivity contribution in [1.29, 1.82) is 0 Å². The third-order valence-corrected chi connectivity index (χ3v) is 6.41. The van der Waals surface area contributed by atoms with Gasteiger partial charge in [0.15, 0.2) is 10.8 Å². The van der Waals surface area contributed by atoms with Gasteiger partial charge in [-0.1, -0.05) is 54.2 Å². The van der Waals surface area contributed by atoms with Crippen LogP contribution in [0.1, 0.15) is 24.1 Å². The number of carbonyl (C=O) groups is 1. The van der Waals surface area contributed by atoms with Gasteiger partial charge in [0.1, 0.15) is 11.3 Å². The Morgan fingerprint density at radius 2 is 1.83 bits per heavy atom. The van der Waals surface area contributed by atoms with Gasteiger partial charge in [0, 0.05) is 6.20 Å². The molecule has 0 bridgehead atoms. The van der Waals surface area contributed by atoms with Crippen LogP contribution in [0.4, 0.5) is 13.2 Å². The lowest BCUT2D eigenvalue weighted by Crippen LogP contribution is -2.36. The Morgan fingerprint density at radius 1 is 1.11 bits per heavy atom. The number of benzene rings is 2. The summed E-state index contributed by atoms with van der Waals surface area (Å²) >= 11 is 1.23. The highest BCUT2D eigenvalue weighted by Gasteiger charge is 2.31. The molecule has 2 aromatic heterocycles. The molecule has 0 spiro atoms. The van der Waals surface area contributed by atoms with Gasteiger partial charge in [0.25, 0.3) is 0 Å². The highest BCUT2D eigenvalue weighted by molar-refractivity contribution is 8.00. The van der Waals surface area contributed by atoms with Crippen LogP contribution in [0.3, 0.4) is 0 Å². The Bertz CT molecular complexity index is 1310. The summed E-state index contributed by atoms with van der Waals surface area (Å²) in [6.07, 6.45) is -3.14. The van der Waals surface area contributed by atoms with Crippen LogP contribution in [0.2, 0.25) is 0 Å². The van der Waals surface area contributed by atoms with E-state index < -0.39 is 17.7 Å². The number of thioether (sulfide) groups is 1. The number of ether oxygens (including phenoxy) is 1. The van der Waals surface area contributed by atoms with E-state index in [1.165, 1.54) is 36.0 Å². The van der Waals surface area contributed by atoms with Crippen molar-refractivity contribution >= 4 is 28.8 Å². The summed E-state index contributed by atoms with van der Waals surface area (Å²) in [6.45, 7) is 1.77. The molecule has 0 saturated heterocycles. The van der Waals surface area contributed by atoms with Crippen LogP contribution in [-0.2, 0) is 11.3 Å². The molecule has 0 aliphatic rings. The molecule has 7 nitrogen and oxygen atoms in total. The van der Waals surface area contributed by atoms with Gasteiger partial charge in [0.05, 0.1) is 24.4 Å². The van der Waals surface area contributed by atoms with Crippen molar-refractivity contribution < 1.29 is 27.8 Å². The average Bonchev–Trinajstić information content (AvgIpc) is 3.19. The molecule has 1 unspecified atom stereocenters. The van der Waals surface area contributed by atoms with Gasteiger partial charge >= 0.3 is 6.36 Å². The minimum Gasteiger partial charge on any atom is -0.406 e. The number of hydrogen-bond acceptors (Lipinski definition) is 6. The maximum absolute atomic E-state index is 12.9. The van der Waals surface area contributed by atoms with Crippen molar-refractivity contribution in [1.82, 2.24) is 19.9 Å². The van der Waals surface area contributed by atoms with Crippen molar-refractivity contribution in [3.05, 3.63) is 84.1 Å². The van der Waals surface area contributed by atoms with E-state index in [0.717, 1.165) is 5.56 Å². The summed E-state index contributed by atoms with van der Waals surface area (Å²) in [5, 5.41) is 12.6. The number of nitrogens with zero attached hydrogens (tertiary/aromatic N) is 3. The smallest absolute Gasteiger partial charge is 0.406 e. The SMILES string of the molecule is CC(Sc1nc2cccnc2n1Cc1ccc(OC(F)(F)F)cc1)C(=O)N[C@@H](CO)c1ccccc1. The molecule has 0 aliphatic carbocycles. The largest absolute Gasteiger partial charge is 0.573 e. The highest BCUT2D eigenvalue weighted by atomic mass is 32.2. The summed E-state index contributed by atoms with van der Waals surface area (Å²) < 4.78 is 43.2. The van der Waals surface area contributed by atoms with Crippen LogP contribution in [0.15, 0.2) is 78.1 Å². The molecule has 0 fully saturated rings. The summed E-state index contributed by atoms with van der Waals surface area (Å²) in [5.41, 5.74) is 2.71. The Kier molecular flexibility index (Phi) is 7.80. The lowest BCUT2D eigenvalue weighted by atomic mass is 10.1. The number of aliphatic hydroxyl groups is 1. The fourth-order valence-corrected chi connectivity index (χ4v) is 4.49. The minimum atomic E-state index is -4.76. The second-order valence-electron chi connectivity index (χ2n) is 7.93. The minimum absolute atomic E-state index is 0.246. The Balaban J connectivity index is 1.52. The van der Waals surface area contributed by atoms with E-state index in [4.69, 9.17) is 0 Å². The van der Waals surface area contributed by atoms with E-state index in [0.29, 0.717) is 21.9 Å². The second kappa shape index (κ2) is 11.0. The van der Waals surface area contributed by atoms with Crippen molar-refractivity contribution in [3.63, 3.8) is 0 Å².